The van der Waals surface area contributed by atoms with Gasteiger partial charge in [-0.2, -0.15) is 0 Å². The minimum Gasteiger partial charge on any atom is -0.462 e. The van der Waals surface area contributed by atoms with Gasteiger partial charge in [0.05, 0.1) is 26.4 Å². The lowest BCUT2D eigenvalue weighted by molar-refractivity contribution is -0.161. The van der Waals surface area contributed by atoms with E-state index in [1.807, 2.05) is 0 Å². The molecule has 3 N–H and O–H groups in total. The van der Waals surface area contributed by atoms with E-state index >= 15 is 0 Å². The minimum absolute atomic E-state index is 0.107. The number of unbranched alkanes of at least 4 members (excludes halogenated alkanes) is 49. The molecule has 0 bridgehead atoms. The van der Waals surface area contributed by atoms with E-state index in [0.717, 1.165) is 108 Å². The first-order chi connectivity index (χ1) is 48.4. The standard InChI is InChI=1S/C81H158O17P2/c1-7-10-12-14-16-18-20-22-23-26-30-33-37-40-44-51-57-63-78(83)91-69-76(97-81(86)66-60-54-46-42-38-34-31-28-25-24-27-29-32-35-39-43-49-55-61-73(4)5)71-95-99(87,88)93-67-75(82)68-94-100(89,90)96-72-77(70-92-79(84)64-58-52-48-47-50-56-62-74(6)9-3)98-80(85)65-59-53-45-41-36-21-19-17-15-13-11-8-2/h73-77,82H,7-72H2,1-6H3,(H,87,88)(H,89,90)/t74?,75-,76-,77-/m1/s1. The summed E-state index contributed by atoms with van der Waals surface area (Å²) in [5.41, 5.74) is 0. The quantitative estimate of drug-likeness (QED) is 0.0222. The van der Waals surface area contributed by atoms with Gasteiger partial charge in [0, 0.05) is 25.7 Å². The third-order valence-electron chi connectivity index (χ3n) is 19.3. The van der Waals surface area contributed by atoms with Crippen molar-refractivity contribution in [1.82, 2.24) is 0 Å². The Bertz CT molecular complexity index is 1930. The Hall–Kier alpha value is -1.94. The molecule has 0 fully saturated rings. The Labute approximate surface area is 613 Å². The zero-order valence-corrected chi connectivity index (χ0v) is 67.3. The molecule has 0 saturated carbocycles. The molecule has 0 saturated heterocycles. The van der Waals surface area contributed by atoms with E-state index in [1.54, 1.807) is 0 Å². The highest BCUT2D eigenvalue weighted by atomic mass is 31.2. The van der Waals surface area contributed by atoms with Crippen LogP contribution in [-0.2, 0) is 65.4 Å². The molecule has 0 aliphatic rings. The van der Waals surface area contributed by atoms with E-state index in [0.29, 0.717) is 25.7 Å². The van der Waals surface area contributed by atoms with Gasteiger partial charge in [0.25, 0.3) is 0 Å². The van der Waals surface area contributed by atoms with Crippen LogP contribution in [0.4, 0.5) is 0 Å². The SMILES string of the molecule is CCCCCCCCCCCCCCCCCCCC(=O)OC[C@H](COP(=O)(O)OC[C@@H](O)COP(=O)(O)OC[C@@H](COC(=O)CCCCCCCCC(C)CC)OC(=O)CCCCCCCCCCCCCC)OC(=O)CCCCCCCCCCCCCCCCCCCCC(C)C. The van der Waals surface area contributed by atoms with E-state index in [9.17, 15) is 43.2 Å². The number of rotatable bonds is 80. The molecule has 17 nitrogen and oxygen atoms in total. The van der Waals surface area contributed by atoms with Gasteiger partial charge in [-0.05, 0) is 37.5 Å². The maximum absolute atomic E-state index is 13.1. The van der Waals surface area contributed by atoms with E-state index in [4.69, 9.17) is 37.0 Å². The molecule has 0 aliphatic heterocycles. The van der Waals surface area contributed by atoms with Crippen molar-refractivity contribution in [3.63, 3.8) is 0 Å². The fourth-order valence-corrected chi connectivity index (χ4v) is 14.1. The van der Waals surface area contributed by atoms with Crippen molar-refractivity contribution in [1.29, 1.82) is 0 Å². The van der Waals surface area contributed by atoms with Crippen molar-refractivity contribution in [2.24, 2.45) is 11.8 Å². The Balaban J connectivity index is 5.22. The van der Waals surface area contributed by atoms with E-state index in [2.05, 4.69) is 41.5 Å². The zero-order valence-electron chi connectivity index (χ0n) is 65.5. The molecule has 0 heterocycles. The minimum atomic E-state index is -4.96. The monoisotopic (exact) mass is 1470 g/mol. The van der Waals surface area contributed by atoms with Gasteiger partial charge in [0.15, 0.2) is 12.2 Å². The largest absolute Gasteiger partial charge is 0.472 e. The third kappa shape index (κ3) is 73.0. The van der Waals surface area contributed by atoms with Crippen molar-refractivity contribution in [3.05, 3.63) is 0 Å². The predicted molar refractivity (Wildman–Crippen MR) is 409 cm³/mol. The lowest BCUT2D eigenvalue weighted by Gasteiger charge is -2.21. The van der Waals surface area contributed by atoms with E-state index in [-0.39, 0.29) is 25.7 Å². The lowest BCUT2D eigenvalue weighted by Crippen LogP contribution is -2.30. The van der Waals surface area contributed by atoms with Gasteiger partial charge < -0.3 is 33.8 Å². The van der Waals surface area contributed by atoms with Crippen LogP contribution < -0.4 is 0 Å². The van der Waals surface area contributed by atoms with Gasteiger partial charge in [-0.3, -0.25) is 37.3 Å². The third-order valence-corrected chi connectivity index (χ3v) is 21.2. The van der Waals surface area contributed by atoms with Gasteiger partial charge in [0.2, 0.25) is 0 Å². The number of carbonyl (C=O) groups excluding carboxylic acids is 4. The van der Waals surface area contributed by atoms with Gasteiger partial charge in [-0.25, -0.2) is 9.13 Å². The molecule has 0 radical (unpaired) electrons. The highest BCUT2D eigenvalue weighted by Crippen LogP contribution is 2.45. The predicted octanol–water partition coefficient (Wildman–Crippen LogP) is 24.3. The molecule has 0 rings (SSSR count). The Morgan fingerprint density at radius 1 is 0.290 bits per heavy atom. The van der Waals surface area contributed by atoms with Crippen molar-refractivity contribution in [2.75, 3.05) is 39.6 Å². The second-order valence-electron chi connectivity index (χ2n) is 29.9. The van der Waals surface area contributed by atoms with Crippen LogP contribution in [0.3, 0.4) is 0 Å². The molecule has 0 aromatic rings. The number of esters is 4. The Kier molecular flexibility index (Phi) is 71.2. The number of aliphatic hydroxyl groups is 1. The van der Waals surface area contributed by atoms with Gasteiger partial charge in [0.1, 0.15) is 19.3 Å². The van der Waals surface area contributed by atoms with Crippen LogP contribution in [0.5, 0.6) is 0 Å². The van der Waals surface area contributed by atoms with Crippen LogP contribution in [-0.4, -0.2) is 96.7 Å². The van der Waals surface area contributed by atoms with E-state index < -0.39 is 97.5 Å². The molecule has 0 aromatic heterocycles. The summed E-state index contributed by atoms with van der Waals surface area (Å²) in [6, 6.07) is 0. The normalized spacial score (nSPS) is 14.2. The number of phosphoric acid groups is 2. The Morgan fingerprint density at radius 3 is 0.760 bits per heavy atom. The summed E-state index contributed by atoms with van der Waals surface area (Å²) in [6.45, 7) is 9.63. The van der Waals surface area contributed by atoms with Crippen LogP contribution in [0, 0.1) is 11.8 Å². The molecular weight excluding hydrogens is 1310 g/mol. The molecule has 0 spiro atoms. The molecule has 100 heavy (non-hydrogen) atoms. The van der Waals surface area contributed by atoms with E-state index in [1.165, 1.54) is 238 Å². The lowest BCUT2D eigenvalue weighted by atomic mass is 10.00. The molecular formula is C81H158O17P2. The molecule has 594 valence electrons. The van der Waals surface area contributed by atoms with Crippen LogP contribution in [0.2, 0.25) is 0 Å². The zero-order chi connectivity index (χ0) is 73.5. The summed E-state index contributed by atoms with van der Waals surface area (Å²) in [5.74, 6) is -0.558. The van der Waals surface area contributed by atoms with Crippen molar-refractivity contribution < 1.29 is 80.2 Å². The topological polar surface area (TPSA) is 237 Å². The number of hydrogen-bond acceptors (Lipinski definition) is 15. The second kappa shape index (κ2) is 72.6. The smallest absolute Gasteiger partial charge is 0.462 e. The van der Waals surface area contributed by atoms with Crippen molar-refractivity contribution >= 4 is 39.5 Å². The van der Waals surface area contributed by atoms with Gasteiger partial charge in [-0.1, -0.05) is 375 Å². The maximum Gasteiger partial charge on any atom is 0.472 e. The fraction of sp³-hybridized carbons (Fsp3) is 0.951. The summed E-state index contributed by atoms with van der Waals surface area (Å²) >= 11 is 0. The van der Waals surface area contributed by atoms with Crippen molar-refractivity contribution in [2.45, 2.75) is 445 Å². The summed E-state index contributed by atoms with van der Waals surface area (Å²) in [5, 5.41) is 10.6. The molecule has 0 amide bonds. The fourth-order valence-electron chi connectivity index (χ4n) is 12.5. The molecule has 0 aromatic carbocycles. The second-order valence-corrected chi connectivity index (χ2v) is 32.8. The molecule has 0 aliphatic carbocycles. The summed E-state index contributed by atoms with van der Waals surface area (Å²) in [7, 11) is -9.92. The van der Waals surface area contributed by atoms with Crippen LogP contribution in [0.15, 0.2) is 0 Å². The first kappa shape index (κ1) is 98.1. The summed E-state index contributed by atoms with van der Waals surface area (Å²) in [6.07, 6.45) is 62.5. The molecule has 6 atom stereocenters. The first-order valence-corrected chi connectivity index (χ1v) is 45.0. The Morgan fingerprint density at radius 2 is 0.510 bits per heavy atom. The number of ether oxygens (including phenoxy) is 4. The molecule has 3 unspecified atom stereocenters. The van der Waals surface area contributed by atoms with Gasteiger partial charge >= 0.3 is 39.5 Å². The average molecular weight is 1470 g/mol. The average Bonchev–Trinajstić information content (AvgIpc) is 0.967. The number of hydrogen-bond donors (Lipinski definition) is 3. The molecule has 19 heteroatoms. The van der Waals surface area contributed by atoms with Crippen LogP contribution >= 0.6 is 15.6 Å². The summed E-state index contributed by atoms with van der Waals surface area (Å²) < 4.78 is 68.7. The summed E-state index contributed by atoms with van der Waals surface area (Å²) in [4.78, 5) is 73.0. The highest BCUT2D eigenvalue weighted by molar-refractivity contribution is 7.47. The van der Waals surface area contributed by atoms with Crippen molar-refractivity contribution in [3.8, 4) is 0 Å². The number of aliphatic hydroxyl groups excluding tert-OH is 1. The maximum atomic E-state index is 13.1. The number of phosphoric ester groups is 2. The first-order valence-electron chi connectivity index (χ1n) is 42.0. The highest BCUT2D eigenvalue weighted by Gasteiger charge is 2.30. The van der Waals surface area contributed by atoms with Crippen LogP contribution in [0.1, 0.15) is 427 Å². The van der Waals surface area contributed by atoms with Crippen LogP contribution in [0.25, 0.3) is 0 Å². The van der Waals surface area contributed by atoms with Gasteiger partial charge in [-0.15, -0.1) is 0 Å². The number of carbonyl (C=O) groups is 4.